The maximum Gasteiger partial charge on any atom is 0.238 e. The first-order chi connectivity index (χ1) is 8.72. The number of hydrogen-bond acceptors (Lipinski definition) is 4. The van der Waals surface area contributed by atoms with Gasteiger partial charge in [0.2, 0.25) is 5.91 Å². The van der Waals surface area contributed by atoms with Crippen molar-refractivity contribution < 1.29 is 9.36 Å². The number of para-hydroxylation sites is 1. The van der Waals surface area contributed by atoms with E-state index in [9.17, 15) is 9.36 Å². The monoisotopic (exact) mass is 280 g/mol. The van der Waals surface area contributed by atoms with Crippen LogP contribution in [0.15, 0.2) is 41.8 Å². The van der Waals surface area contributed by atoms with Gasteiger partial charge in [0.25, 0.3) is 0 Å². The molecule has 0 bridgehead atoms. The van der Waals surface area contributed by atoms with E-state index in [1.807, 2.05) is 23.6 Å². The minimum absolute atomic E-state index is 0.0890. The largest absolute Gasteiger partial charge is 0.324 e. The average Bonchev–Trinajstić information content (AvgIpc) is 2.92. The summed E-state index contributed by atoms with van der Waals surface area (Å²) in [4.78, 5) is 11.3. The summed E-state index contributed by atoms with van der Waals surface area (Å²) in [5.41, 5.74) is 5.84. The molecule has 18 heavy (non-hydrogen) atoms. The molecule has 3 N–H and O–H groups in total. The molecule has 1 unspecified atom stereocenters. The molecule has 1 aromatic heterocycles. The number of carbonyl (C=O) groups is 1. The molecule has 4 nitrogen and oxygen atoms in total. The van der Waals surface area contributed by atoms with Crippen molar-refractivity contribution in [3.63, 3.8) is 0 Å². The van der Waals surface area contributed by atoms with Crippen molar-refractivity contribution in [3.05, 3.63) is 41.8 Å². The van der Waals surface area contributed by atoms with Crippen molar-refractivity contribution >= 4 is 40.7 Å². The van der Waals surface area contributed by atoms with Gasteiger partial charge in [0.15, 0.2) is 0 Å². The summed E-state index contributed by atoms with van der Waals surface area (Å²) < 4.78 is 13.2. The number of hydrogen-bond donors (Lipinski definition) is 2. The van der Waals surface area contributed by atoms with Gasteiger partial charge in [0.1, 0.15) is 7.80 Å². The second-order valence-electron chi connectivity index (χ2n) is 3.60. The molecule has 0 saturated carbocycles. The molecule has 0 aliphatic heterocycles. The van der Waals surface area contributed by atoms with Crippen molar-refractivity contribution in [2.75, 3.05) is 11.9 Å². The summed E-state index contributed by atoms with van der Waals surface area (Å²) in [5, 5.41) is 5.22. The van der Waals surface area contributed by atoms with Crippen LogP contribution in [-0.2, 0) is 9.36 Å². The van der Waals surface area contributed by atoms with Crippen LogP contribution in [0.3, 0.4) is 0 Å². The number of anilines is 1. The predicted octanol–water partition coefficient (Wildman–Crippen LogP) is 1.16. The summed E-state index contributed by atoms with van der Waals surface area (Å²) in [5.74, 6) is -0.288. The van der Waals surface area contributed by atoms with Gasteiger partial charge in [0.05, 0.1) is 16.9 Å². The van der Waals surface area contributed by atoms with Crippen LogP contribution in [0.5, 0.6) is 0 Å². The highest BCUT2D eigenvalue weighted by molar-refractivity contribution is 7.68. The van der Waals surface area contributed by atoms with Gasteiger partial charge in [-0.1, -0.05) is 18.2 Å². The molecule has 0 aliphatic rings. The lowest BCUT2D eigenvalue weighted by atomic mass is 10.3. The maximum atomic E-state index is 12.4. The quantitative estimate of drug-likeness (QED) is 0.825. The molecule has 1 atom stereocenters. The fourth-order valence-corrected chi connectivity index (χ4v) is 4.11. The molecule has 1 heterocycles. The van der Waals surface area contributed by atoms with Crippen molar-refractivity contribution in [3.8, 4) is 0 Å². The van der Waals surface area contributed by atoms with Crippen LogP contribution < -0.4 is 21.0 Å². The number of rotatable bonds is 4. The van der Waals surface area contributed by atoms with Crippen LogP contribution >= 0.6 is 19.1 Å². The molecule has 0 fully saturated rings. The van der Waals surface area contributed by atoms with Crippen molar-refractivity contribution in [2.45, 2.75) is 0 Å². The van der Waals surface area contributed by atoms with E-state index in [4.69, 9.17) is 5.73 Å². The molecule has 0 radical (unpaired) electrons. The molecule has 1 amide bonds. The Morgan fingerprint density at radius 1 is 1.28 bits per heavy atom. The number of thiophene rings is 1. The van der Waals surface area contributed by atoms with Gasteiger partial charge in [-0.05, 0) is 23.6 Å². The third-order valence-electron chi connectivity index (χ3n) is 2.38. The van der Waals surface area contributed by atoms with Gasteiger partial charge in [-0.25, -0.2) is 0 Å². The Kier molecular flexibility index (Phi) is 4.31. The van der Waals surface area contributed by atoms with E-state index in [0.29, 0.717) is 11.0 Å². The van der Waals surface area contributed by atoms with Crippen LogP contribution in [0.25, 0.3) is 0 Å². The smallest absolute Gasteiger partial charge is 0.238 e. The zero-order chi connectivity index (χ0) is 13.0. The first kappa shape index (κ1) is 13.0. The summed E-state index contributed by atoms with van der Waals surface area (Å²) in [6, 6.07) is 10.8. The summed E-state index contributed by atoms with van der Waals surface area (Å²) in [6.07, 6.45) is 0. The van der Waals surface area contributed by atoms with Gasteiger partial charge in [0, 0.05) is 5.30 Å². The molecule has 0 aliphatic carbocycles. The molecule has 0 saturated heterocycles. The van der Waals surface area contributed by atoms with Gasteiger partial charge >= 0.3 is 0 Å². The fourth-order valence-electron chi connectivity index (χ4n) is 1.53. The second kappa shape index (κ2) is 5.96. The highest BCUT2D eigenvalue weighted by atomic mass is 32.1. The first-order valence-electron chi connectivity index (χ1n) is 5.39. The van der Waals surface area contributed by atoms with Gasteiger partial charge in [-0.2, -0.15) is 0 Å². The number of nitrogens with one attached hydrogen (secondary N) is 1. The Balaban J connectivity index is 2.33. The van der Waals surface area contributed by atoms with Crippen molar-refractivity contribution in [1.29, 1.82) is 0 Å². The van der Waals surface area contributed by atoms with Crippen LogP contribution in [0.4, 0.5) is 5.69 Å². The Bertz CT molecular complexity index is 569. The highest BCUT2D eigenvalue weighted by Crippen LogP contribution is 2.26. The van der Waals surface area contributed by atoms with Crippen LogP contribution in [-0.4, -0.2) is 12.5 Å². The van der Waals surface area contributed by atoms with Crippen LogP contribution in [0.1, 0.15) is 0 Å². The summed E-state index contributed by atoms with van der Waals surface area (Å²) in [7, 11) is -2.07. The minimum Gasteiger partial charge on any atom is -0.324 e. The molecule has 0 spiro atoms. The van der Waals surface area contributed by atoms with E-state index in [1.54, 1.807) is 18.2 Å². The highest BCUT2D eigenvalue weighted by Gasteiger charge is 2.13. The zero-order valence-electron chi connectivity index (χ0n) is 9.55. The molecule has 6 heteroatoms. The van der Waals surface area contributed by atoms with Crippen molar-refractivity contribution in [1.82, 2.24) is 0 Å². The summed E-state index contributed by atoms with van der Waals surface area (Å²) in [6.45, 7) is -0.0890. The fraction of sp³-hybridized carbons (Fsp3) is 0.0833. The lowest BCUT2D eigenvalue weighted by molar-refractivity contribution is -0.114. The standard InChI is InChI=1S/C12H13N2O2PS/c13-8-11(15)14-9-4-1-2-5-10(9)17(16)12-6-3-7-18-12/h1-7,17H,8,13H2,(H,14,15). The van der Waals surface area contributed by atoms with E-state index < -0.39 is 7.80 Å². The molecular weight excluding hydrogens is 267 g/mol. The lowest BCUT2D eigenvalue weighted by Gasteiger charge is -2.09. The van der Waals surface area contributed by atoms with E-state index in [2.05, 4.69) is 5.32 Å². The Morgan fingerprint density at radius 2 is 2.06 bits per heavy atom. The van der Waals surface area contributed by atoms with Gasteiger partial charge < -0.3 is 15.6 Å². The van der Waals surface area contributed by atoms with Gasteiger partial charge in [-0.3, -0.25) is 4.79 Å². The molecular formula is C12H13N2O2PS. The van der Waals surface area contributed by atoms with E-state index in [1.165, 1.54) is 11.3 Å². The van der Waals surface area contributed by atoms with Crippen LogP contribution in [0.2, 0.25) is 0 Å². The first-order valence-corrected chi connectivity index (χ1v) is 7.68. The zero-order valence-corrected chi connectivity index (χ0v) is 11.4. The van der Waals surface area contributed by atoms with Crippen LogP contribution in [0, 0.1) is 0 Å². The normalized spacial score (nSPS) is 12.1. The third kappa shape index (κ3) is 2.88. The van der Waals surface area contributed by atoms with E-state index in [0.717, 1.165) is 4.62 Å². The topological polar surface area (TPSA) is 72.2 Å². The van der Waals surface area contributed by atoms with Crippen molar-refractivity contribution in [2.24, 2.45) is 5.73 Å². The Morgan fingerprint density at radius 3 is 2.72 bits per heavy atom. The minimum atomic E-state index is -2.07. The molecule has 1 aromatic carbocycles. The maximum absolute atomic E-state index is 12.4. The molecule has 2 rings (SSSR count). The SMILES string of the molecule is NCC(=O)Nc1ccccc1[PH](=O)c1cccs1. The molecule has 2 aromatic rings. The summed E-state index contributed by atoms with van der Waals surface area (Å²) >= 11 is 1.45. The predicted molar refractivity (Wildman–Crippen MR) is 76.7 cm³/mol. The van der Waals surface area contributed by atoms with E-state index in [-0.39, 0.29) is 12.5 Å². The Labute approximate surface area is 110 Å². The Hall–Kier alpha value is -1.42. The van der Waals surface area contributed by atoms with Gasteiger partial charge in [-0.15, -0.1) is 11.3 Å². The number of carbonyl (C=O) groups excluding carboxylic acids is 1. The number of benzene rings is 1. The third-order valence-corrected chi connectivity index (χ3v) is 5.51. The second-order valence-corrected chi connectivity index (χ2v) is 6.65. The van der Waals surface area contributed by atoms with E-state index >= 15 is 0 Å². The molecule has 94 valence electrons. The number of amides is 1. The average molecular weight is 280 g/mol. The number of nitrogens with two attached hydrogens (primary N) is 1. The lowest BCUT2D eigenvalue weighted by Crippen LogP contribution is -2.24.